The normalized spacial score (nSPS) is 12.2. The van der Waals surface area contributed by atoms with Gasteiger partial charge in [-0.15, -0.1) is 0 Å². The van der Waals surface area contributed by atoms with Crippen molar-refractivity contribution in [1.29, 1.82) is 0 Å². The van der Waals surface area contributed by atoms with Crippen molar-refractivity contribution in [1.82, 2.24) is 0 Å². The van der Waals surface area contributed by atoms with Crippen LogP contribution in [0.1, 0.15) is 11.7 Å². The average molecular weight is 284 g/mol. The third-order valence-electron chi connectivity index (χ3n) is 2.58. The molecule has 19 heavy (non-hydrogen) atoms. The van der Waals surface area contributed by atoms with Gasteiger partial charge in [-0.3, -0.25) is 0 Å². The summed E-state index contributed by atoms with van der Waals surface area (Å²) in [5, 5.41) is 0.495. The third-order valence-corrected chi connectivity index (χ3v) is 2.92. The van der Waals surface area contributed by atoms with Crippen LogP contribution in [0.2, 0.25) is 5.02 Å². The molecule has 2 nitrogen and oxygen atoms in total. The predicted molar refractivity (Wildman–Crippen MR) is 70.2 cm³/mol. The average Bonchev–Trinajstić information content (AvgIpc) is 2.36. The summed E-state index contributed by atoms with van der Waals surface area (Å²) >= 11 is 6.04. The molecule has 0 radical (unpaired) electrons. The summed E-state index contributed by atoms with van der Waals surface area (Å²) in [6.45, 7) is 0.141. The Morgan fingerprint density at radius 3 is 2.32 bits per heavy atom. The second-order valence-electron chi connectivity index (χ2n) is 3.97. The molecule has 100 valence electrons. The first kappa shape index (κ1) is 13.8. The Labute approximate surface area is 114 Å². The first-order chi connectivity index (χ1) is 9.10. The summed E-state index contributed by atoms with van der Waals surface area (Å²) in [6, 6.07) is 10.0. The maximum absolute atomic E-state index is 13.1. The monoisotopic (exact) mass is 283 g/mol. The second kappa shape index (κ2) is 5.99. The smallest absolute Gasteiger partial charge is 0.137 e. The fourth-order valence-electron chi connectivity index (χ4n) is 1.74. The van der Waals surface area contributed by atoms with Crippen molar-refractivity contribution in [2.45, 2.75) is 6.10 Å². The van der Waals surface area contributed by atoms with Gasteiger partial charge < -0.3 is 10.5 Å². The lowest BCUT2D eigenvalue weighted by molar-refractivity contribution is 0.212. The van der Waals surface area contributed by atoms with Gasteiger partial charge in [-0.1, -0.05) is 29.8 Å². The summed E-state index contributed by atoms with van der Waals surface area (Å²) in [6.07, 6.45) is -0.560. The third kappa shape index (κ3) is 3.43. The molecule has 0 bridgehead atoms. The maximum Gasteiger partial charge on any atom is 0.137 e. The van der Waals surface area contributed by atoms with E-state index in [1.165, 1.54) is 0 Å². The van der Waals surface area contributed by atoms with Gasteiger partial charge in [0.05, 0.1) is 0 Å². The zero-order valence-corrected chi connectivity index (χ0v) is 10.7. The van der Waals surface area contributed by atoms with E-state index in [-0.39, 0.29) is 12.3 Å². The minimum Gasteiger partial charge on any atom is -0.484 e. The molecule has 0 aliphatic heterocycles. The lowest BCUT2D eigenvalue weighted by Gasteiger charge is -2.19. The molecule has 0 aliphatic rings. The number of halogens is 3. The van der Waals surface area contributed by atoms with E-state index < -0.39 is 17.7 Å². The number of rotatable bonds is 4. The zero-order valence-electron chi connectivity index (χ0n) is 9.95. The van der Waals surface area contributed by atoms with Gasteiger partial charge >= 0.3 is 0 Å². The van der Waals surface area contributed by atoms with Gasteiger partial charge in [-0.25, -0.2) is 8.78 Å². The van der Waals surface area contributed by atoms with Crippen molar-refractivity contribution in [3.63, 3.8) is 0 Å². The standard InChI is InChI=1S/C14H12ClF2NO/c15-13-4-2-1-3-12(13)14(8-18)19-11-6-9(16)5-10(17)7-11/h1-7,14H,8,18H2. The SMILES string of the molecule is NCC(Oc1cc(F)cc(F)c1)c1ccccc1Cl. The molecular weight excluding hydrogens is 272 g/mol. The summed E-state index contributed by atoms with van der Waals surface area (Å²) in [4.78, 5) is 0. The molecule has 0 aromatic heterocycles. The molecule has 2 N–H and O–H groups in total. The van der Waals surface area contributed by atoms with E-state index in [4.69, 9.17) is 22.1 Å². The Hall–Kier alpha value is -1.65. The molecular formula is C14H12ClF2NO. The molecule has 5 heteroatoms. The minimum absolute atomic E-state index is 0.0767. The summed E-state index contributed by atoms with van der Waals surface area (Å²) in [7, 11) is 0. The van der Waals surface area contributed by atoms with Crippen LogP contribution in [-0.2, 0) is 0 Å². The molecule has 0 spiro atoms. The molecule has 2 aromatic rings. The van der Waals surface area contributed by atoms with Crippen LogP contribution in [0, 0.1) is 11.6 Å². The molecule has 2 rings (SSSR count). The van der Waals surface area contributed by atoms with Gasteiger partial charge in [0.25, 0.3) is 0 Å². The number of ether oxygens (including phenoxy) is 1. The van der Waals surface area contributed by atoms with Crippen LogP contribution in [0.5, 0.6) is 5.75 Å². The fraction of sp³-hybridized carbons (Fsp3) is 0.143. The number of benzene rings is 2. The molecule has 0 fully saturated rings. The van der Waals surface area contributed by atoms with Crippen LogP contribution in [-0.4, -0.2) is 6.54 Å². The quantitative estimate of drug-likeness (QED) is 0.929. The largest absolute Gasteiger partial charge is 0.484 e. The molecule has 0 saturated carbocycles. The Kier molecular flexibility index (Phi) is 4.35. The molecule has 0 heterocycles. The lowest BCUT2D eigenvalue weighted by Crippen LogP contribution is -2.19. The zero-order chi connectivity index (χ0) is 13.8. The predicted octanol–water partition coefficient (Wildman–Crippen LogP) is 3.70. The van der Waals surface area contributed by atoms with E-state index in [2.05, 4.69) is 0 Å². The Bertz CT molecular complexity index is 557. The van der Waals surface area contributed by atoms with Crippen LogP contribution < -0.4 is 10.5 Å². The Morgan fingerprint density at radius 2 is 1.74 bits per heavy atom. The van der Waals surface area contributed by atoms with Crippen LogP contribution in [0.25, 0.3) is 0 Å². The highest BCUT2D eigenvalue weighted by Crippen LogP contribution is 2.27. The highest BCUT2D eigenvalue weighted by molar-refractivity contribution is 6.31. The summed E-state index contributed by atoms with van der Waals surface area (Å²) in [5.74, 6) is -1.33. The van der Waals surface area contributed by atoms with Gasteiger partial charge in [0.1, 0.15) is 23.5 Å². The van der Waals surface area contributed by atoms with Crippen molar-refractivity contribution in [2.24, 2.45) is 5.73 Å². The van der Waals surface area contributed by atoms with Crippen molar-refractivity contribution in [2.75, 3.05) is 6.54 Å². The van der Waals surface area contributed by atoms with E-state index >= 15 is 0 Å². The van der Waals surface area contributed by atoms with Crippen LogP contribution in [0.4, 0.5) is 8.78 Å². The molecule has 1 unspecified atom stereocenters. The maximum atomic E-state index is 13.1. The van der Waals surface area contributed by atoms with Gasteiger partial charge in [0.2, 0.25) is 0 Å². The Morgan fingerprint density at radius 1 is 1.11 bits per heavy atom. The number of hydrogen-bond donors (Lipinski definition) is 1. The van der Waals surface area contributed by atoms with Gasteiger partial charge in [-0.05, 0) is 6.07 Å². The van der Waals surface area contributed by atoms with Crippen LogP contribution in [0.3, 0.4) is 0 Å². The highest BCUT2D eigenvalue weighted by atomic mass is 35.5. The first-order valence-electron chi connectivity index (χ1n) is 5.67. The molecule has 2 aromatic carbocycles. The van der Waals surface area contributed by atoms with Crippen LogP contribution >= 0.6 is 11.6 Å². The van der Waals surface area contributed by atoms with Crippen molar-refractivity contribution in [3.8, 4) is 5.75 Å². The van der Waals surface area contributed by atoms with E-state index in [9.17, 15) is 8.78 Å². The van der Waals surface area contributed by atoms with Gasteiger partial charge in [-0.2, -0.15) is 0 Å². The highest BCUT2D eigenvalue weighted by Gasteiger charge is 2.15. The molecule has 0 saturated heterocycles. The molecule has 0 amide bonds. The molecule has 0 aliphatic carbocycles. The van der Waals surface area contributed by atoms with E-state index in [1.807, 2.05) is 0 Å². The lowest BCUT2D eigenvalue weighted by atomic mass is 10.1. The van der Waals surface area contributed by atoms with Crippen molar-refractivity contribution >= 4 is 11.6 Å². The molecule has 1 atom stereocenters. The number of hydrogen-bond acceptors (Lipinski definition) is 2. The van der Waals surface area contributed by atoms with E-state index in [0.717, 1.165) is 18.2 Å². The van der Waals surface area contributed by atoms with Crippen LogP contribution in [0.15, 0.2) is 42.5 Å². The Balaban J connectivity index is 2.26. The van der Waals surface area contributed by atoms with Gasteiger partial charge in [0, 0.05) is 35.3 Å². The summed E-state index contributed by atoms with van der Waals surface area (Å²) in [5.41, 5.74) is 6.30. The van der Waals surface area contributed by atoms with E-state index in [1.54, 1.807) is 24.3 Å². The topological polar surface area (TPSA) is 35.2 Å². The minimum atomic E-state index is -0.704. The van der Waals surface area contributed by atoms with Crippen molar-refractivity contribution in [3.05, 3.63) is 64.7 Å². The van der Waals surface area contributed by atoms with E-state index in [0.29, 0.717) is 10.6 Å². The second-order valence-corrected chi connectivity index (χ2v) is 4.38. The van der Waals surface area contributed by atoms with Gasteiger partial charge in [0.15, 0.2) is 0 Å². The number of nitrogens with two attached hydrogens (primary N) is 1. The summed E-state index contributed by atoms with van der Waals surface area (Å²) < 4.78 is 31.7. The fourth-order valence-corrected chi connectivity index (χ4v) is 1.99. The first-order valence-corrected chi connectivity index (χ1v) is 6.05. The van der Waals surface area contributed by atoms with Crippen molar-refractivity contribution < 1.29 is 13.5 Å².